The molecule has 192 valence electrons. The Labute approximate surface area is 216 Å². The van der Waals surface area contributed by atoms with E-state index >= 15 is 0 Å². The summed E-state index contributed by atoms with van der Waals surface area (Å²) in [6.07, 6.45) is 1.20. The van der Waals surface area contributed by atoms with Gasteiger partial charge in [-0.1, -0.05) is 42.3 Å². The van der Waals surface area contributed by atoms with Crippen molar-refractivity contribution in [3.05, 3.63) is 63.9 Å². The van der Waals surface area contributed by atoms with Crippen LogP contribution < -0.4 is 9.62 Å². The molecule has 2 amide bonds. The van der Waals surface area contributed by atoms with Crippen molar-refractivity contribution in [2.75, 3.05) is 17.1 Å². The molecule has 0 aliphatic rings. The van der Waals surface area contributed by atoms with Crippen molar-refractivity contribution in [1.29, 1.82) is 0 Å². The van der Waals surface area contributed by atoms with Crippen LogP contribution in [-0.2, 0) is 26.2 Å². The molecule has 35 heavy (non-hydrogen) atoms. The summed E-state index contributed by atoms with van der Waals surface area (Å²) < 4.78 is 39.7. The zero-order chi connectivity index (χ0) is 26.6. The molecule has 1 N–H and O–H groups in total. The Morgan fingerprint density at radius 3 is 2.26 bits per heavy atom. The van der Waals surface area contributed by atoms with Gasteiger partial charge in [-0.2, -0.15) is 0 Å². The maximum Gasteiger partial charge on any atom is 0.244 e. The first-order chi connectivity index (χ1) is 16.1. The average molecular weight is 546 g/mol. The Morgan fingerprint density at radius 1 is 1.09 bits per heavy atom. The average Bonchev–Trinajstić information content (AvgIpc) is 2.72. The molecule has 0 aliphatic carbocycles. The van der Waals surface area contributed by atoms with Gasteiger partial charge in [-0.25, -0.2) is 12.8 Å². The summed E-state index contributed by atoms with van der Waals surface area (Å²) in [6, 6.07) is 8.88. The molecule has 0 unspecified atom stereocenters. The van der Waals surface area contributed by atoms with Gasteiger partial charge in [0, 0.05) is 12.1 Å². The molecule has 0 saturated carbocycles. The summed E-state index contributed by atoms with van der Waals surface area (Å²) in [5, 5.41) is 3.49. The second kappa shape index (κ2) is 11.6. The van der Waals surface area contributed by atoms with Crippen LogP contribution in [-0.4, -0.2) is 49.5 Å². The zero-order valence-corrected chi connectivity index (χ0v) is 22.6. The third-order valence-corrected chi connectivity index (χ3v) is 6.88. The number of anilines is 1. The lowest BCUT2D eigenvalue weighted by Gasteiger charge is -2.34. The first-order valence-corrected chi connectivity index (χ1v) is 13.5. The number of carbonyl (C=O) groups is 2. The molecule has 0 spiro atoms. The zero-order valence-electron chi connectivity index (χ0n) is 20.3. The Balaban J connectivity index is 2.48. The second-order valence-electron chi connectivity index (χ2n) is 9.18. The number of amides is 2. The third-order valence-electron chi connectivity index (χ3n) is 5.00. The van der Waals surface area contributed by atoms with E-state index < -0.39 is 39.9 Å². The second-order valence-corrected chi connectivity index (χ2v) is 11.9. The normalized spacial score (nSPS) is 12.7. The summed E-state index contributed by atoms with van der Waals surface area (Å²) in [7, 11) is -3.95. The number of hydrogen-bond donors (Lipinski definition) is 1. The molecular weight excluding hydrogens is 516 g/mol. The standard InChI is InChI=1S/C24H30Cl2FN3O4S/c1-6-21(23(32)28-24(2,3)4)29(14-16-10-11-19(25)20(26)12-16)22(31)15-30(35(5,33)34)18-9-7-8-17(27)13-18/h7-13,21H,6,14-15H2,1-5H3,(H,28,32)/t21-/m0/s1. The van der Waals surface area contributed by atoms with E-state index in [-0.39, 0.29) is 29.6 Å². The van der Waals surface area contributed by atoms with Gasteiger partial charge in [0.1, 0.15) is 18.4 Å². The summed E-state index contributed by atoms with van der Waals surface area (Å²) in [5.74, 6) is -1.67. The molecule has 0 radical (unpaired) electrons. The van der Waals surface area contributed by atoms with E-state index in [4.69, 9.17) is 23.2 Å². The van der Waals surface area contributed by atoms with Gasteiger partial charge in [-0.3, -0.25) is 13.9 Å². The van der Waals surface area contributed by atoms with E-state index in [1.165, 1.54) is 23.1 Å². The topological polar surface area (TPSA) is 86.8 Å². The lowest BCUT2D eigenvalue weighted by atomic mass is 10.1. The van der Waals surface area contributed by atoms with Crippen LogP contribution in [0.2, 0.25) is 10.0 Å². The molecule has 0 aromatic heterocycles. The van der Waals surface area contributed by atoms with Crippen molar-refractivity contribution in [1.82, 2.24) is 10.2 Å². The van der Waals surface area contributed by atoms with Crippen LogP contribution in [0.4, 0.5) is 10.1 Å². The largest absolute Gasteiger partial charge is 0.350 e. The van der Waals surface area contributed by atoms with Crippen LogP contribution in [0.15, 0.2) is 42.5 Å². The van der Waals surface area contributed by atoms with Crippen molar-refractivity contribution in [3.8, 4) is 0 Å². The fourth-order valence-corrected chi connectivity index (χ4v) is 4.61. The summed E-state index contributed by atoms with van der Waals surface area (Å²) >= 11 is 12.2. The highest BCUT2D eigenvalue weighted by Gasteiger charge is 2.33. The Hall–Kier alpha value is -2.36. The summed E-state index contributed by atoms with van der Waals surface area (Å²) in [4.78, 5) is 28.0. The number of rotatable bonds is 9. The molecule has 7 nitrogen and oxygen atoms in total. The van der Waals surface area contributed by atoms with Crippen LogP contribution in [0, 0.1) is 5.82 Å². The number of nitrogens with zero attached hydrogens (tertiary/aromatic N) is 2. The van der Waals surface area contributed by atoms with E-state index in [0.29, 0.717) is 10.6 Å². The van der Waals surface area contributed by atoms with Crippen LogP contribution in [0.25, 0.3) is 0 Å². The molecule has 2 aromatic rings. The van der Waals surface area contributed by atoms with Gasteiger partial charge in [-0.05, 0) is 63.1 Å². The van der Waals surface area contributed by atoms with Crippen molar-refractivity contribution >= 4 is 50.7 Å². The molecule has 1 atom stereocenters. The van der Waals surface area contributed by atoms with E-state index in [1.54, 1.807) is 25.1 Å². The minimum absolute atomic E-state index is 0.00234. The van der Waals surface area contributed by atoms with Crippen LogP contribution >= 0.6 is 23.2 Å². The molecule has 0 aliphatic heterocycles. The highest BCUT2D eigenvalue weighted by Crippen LogP contribution is 2.25. The maximum atomic E-state index is 13.8. The van der Waals surface area contributed by atoms with Gasteiger partial charge in [-0.15, -0.1) is 0 Å². The van der Waals surface area contributed by atoms with E-state index in [1.807, 2.05) is 20.8 Å². The number of carbonyl (C=O) groups excluding carboxylic acids is 2. The minimum Gasteiger partial charge on any atom is -0.350 e. The van der Waals surface area contributed by atoms with Gasteiger partial charge >= 0.3 is 0 Å². The fraction of sp³-hybridized carbons (Fsp3) is 0.417. The van der Waals surface area contributed by atoms with E-state index in [0.717, 1.165) is 16.6 Å². The summed E-state index contributed by atoms with van der Waals surface area (Å²) in [6.45, 7) is 6.56. The van der Waals surface area contributed by atoms with Gasteiger partial charge in [0.15, 0.2) is 0 Å². The molecule has 0 bridgehead atoms. The molecule has 2 rings (SSSR count). The monoisotopic (exact) mass is 545 g/mol. The van der Waals surface area contributed by atoms with Gasteiger partial charge in [0.05, 0.1) is 22.0 Å². The number of halogens is 3. The molecular formula is C24H30Cl2FN3O4S. The predicted octanol–water partition coefficient (Wildman–Crippen LogP) is 4.62. The third kappa shape index (κ3) is 8.37. The predicted molar refractivity (Wildman–Crippen MR) is 138 cm³/mol. The van der Waals surface area contributed by atoms with E-state index in [2.05, 4.69) is 5.32 Å². The van der Waals surface area contributed by atoms with Gasteiger partial charge < -0.3 is 10.2 Å². The molecule has 0 saturated heterocycles. The van der Waals surface area contributed by atoms with Crippen molar-refractivity contribution in [2.45, 2.75) is 52.2 Å². The Kier molecular flexibility index (Phi) is 9.56. The fourth-order valence-electron chi connectivity index (χ4n) is 3.45. The van der Waals surface area contributed by atoms with Crippen LogP contribution in [0.1, 0.15) is 39.7 Å². The number of benzene rings is 2. The van der Waals surface area contributed by atoms with Crippen molar-refractivity contribution in [2.24, 2.45) is 0 Å². The lowest BCUT2D eigenvalue weighted by Crippen LogP contribution is -2.55. The summed E-state index contributed by atoms with van der Waals surface area (Å²) in [5.41, 5.74) is 0.0531. The Bertz CT molecular complexity index is 1190. The smallest absolute Gasteiger partial charge is 0.244 e. The highest BCUT2D eigenvalue weighted by atomic mass is 35.5. The van der Waals surface area contributed by atoms with Crippen LogP contribution in [0.3, 0.4) is 0 Å². The quantitative estimate of drug-likeness (QED) is 0.498. The van der Waals surface area contributed by atoms with Crippen LogP contribution in [0.5, 0.6) is 0 Å². The maximum absolute atomic E-state index is 13.8. The SMILES string of the molecule is CC[C@@H](C(=O)NC(C)(C)C)N(Cc1ccc(Cl)c(Cl)c1)C(=O)CN(c1cccc(F)c1)S(C)(=O)=O. The minimum atomic E-state index is -3.95. The lowest BCUT2D eigenvalue weighted by molar-refractivity contribution is -0.141. The van der Waals surface area contributed by atoms with Crippen molar-refractivity contribution in [3.63, 3.8) is 0 Å². The molecule has 0 fully saturated rings. The van der Waals surface area contributed by atoms with Gasteiger partial charge in [0.2, 0.25) is 21.8 Å². The number of sulfonamides is 1. The van der Waals surface area contributed by atoms with Gasteiger partial charge in [0.25, 0.3) is 0 Å². The first-order valence-electron chi connectivity index (χ1n) is 10.9. The first kappa shape index (κ1) is 28.9. The molecule has 2 aromatic carbocycles. The highest BCUT2D eigenvalue weighted by molar-refractivity contribution is 7.92. The Morgan fingerprint density at radius 2 is 1.74 bits per heavy atom. The molecule has 11 heteroatoms. The number of nitrogens with one attached hydrogen (secondary N) is 1. The number of hydrogen-bond acceptors (Lipinski definition) is 4. The van der Waals surface area contributed by atoms with E-state index in [9.17, 15) is 22.4 Å². The molecule has 0 heterocycles. The van der Waals surface area contributed by atoms with Crippen molar-refractivity contribution < 1.29 is 22.4 Å².